The Morgan fingerprint density at radius 3 is 2.70 bits per heavy atom. The Kier molecular flexibility index (Phi) is 5.16. The van der Waals surface area contributed by atoms with Crippen LogP contribution in [-0.4, -0.2) is 18.8 Å². The van der Waals surface area contributed by atoms with E-state index in [4.69, 9.17) is 16.3 Å². The predicted molar refractivity (Wildman–Crippen MR) is 72.1 cm³/mol. The second-order valence-electron chi connectivity index (χ2n) is 4.94. The average molecular weight is 308 g/mol. The molecular formula is C14H17ClF3NO. The standard InChI is InChI=1S/C14H17ClF3NO/c15-12-3-1-4-13(11(12)9-19-10-5-6-10)20-8-2-7-14(16,17)18/h1,3-4,10,19H,2,5-9H2. The molecule has 0 saturated heterocycles. The molecule has 112 valence electrons. The van der Waals surface area contributed by atoms with Gasteiger partial charge >= 0.3 is 6.18 Å². The minimum Gasteiger partial charge on any atom is -0.493 e. The Morgan fingerprint density at radius 1 is 1.30 bits per heavy atom. The van der Waals surface area contributed by atoms with E-state index in [1.165, 1.54) is 0 Å². The van der Waals surface area contributed by atoms with Gasteiger partial charge in [-0.25, -0.2) is 0 Å². The molecule has 0 heterocycles. The zero-order valence-corrected chi connectivity index (χ0v) is 11.7. The first-order valence-corrected chi connectivity index (χ1v) is 7.04. The number of nitrogens with one attached hydrogen (secondary N) is 1. The zero-order chi connectivity index (χ0) is 14.6. The molecule has 1 fully saturated rings. The fraction of sp³-hybridized carbons (Fsp3) is 0.571. The maximum absolute atomic E-state index is 12.1. The maximum atomic E-state index is 12.1. The van der Waals surface area contributed by atoms with Gasteiger partial charge in [-0.3, -0.25) is 0 Å². The minimum absolute atomic E-state index is 0.0380. The van der Waals surface area contributed by atoms with E-state index in [9.17, 15) is 13.2 Å². The summed E-state index contributed by atoms with van der Waals surface area (Å²) in [5.74, 6) is 0.563. The van der Waals surface area contributed by atoms with Gasteiger partial charge in [0.05, 0.1) is 6.61 Å². The van der Waals surface area contributed by atoms with Crippen LogP contribution in [0.15, 0.2) is 18.2 Å². The van der Waals surface area contributed by atoms with Gasteiger partial charge in [0.2, 0.25) is 0 Å². The molecule has 0 atom stereocenters. The fourth-order valence-corrected chi connectivity index (χ4v) is 2.07. The summed E-state index contributed by atoms with van der Waals surface area (Å²) in [5.41, 5.74) is 0.813. The molecule has 0 spiro atoms. The third-order valence-electron chi connectivity index (χ3n) is 3.08. The number of halogens is 4. The summed E-state index contributed by atoms with van der Waals surface area (Å²) in [6, 6.07) is 5.77. The van der Waals surface area contributed by atoms with Gasteiger partial charge in [-0.1, -0.05) is 17.7 Å². The number of hydrogen-bond acceptors (Lipinski definition) is 2. The molecule has 6 heteroatoms. The van der Waals surface area contributed by atoms with Gasteiger partial charge in [-0.15, -0.1) is 0 Å². The molecule has 0 amide bonds. The summed E-state index contributed by atoms with van der Waals surface area (Å²) < 4.78 is 41.6. The largest absolute Gasteiger partial charge is 0.493 e. The van der Waals surface area contributed by atoms with Gasteiger partial charge < -0.3 is 10.1 Å². The van der Waals surface area contributed by atoms with Crippen LogP contribution in [0.5, 0.6) is 5.75 Å². The van der Waals surface area contributed by atoms with Crippen molar-refractivity contribution in [2.24, 2.45) is 0 Å². The molecule has 20 heavy (non-hydrogen) atoms. The molecule has 0 aliphatic heterocycles. The van der Waals surface area contributed by atoms with Crippen LogP contribution >= 0.6 is 11.6 Å². The number of hydrogen-bond donors (Lipinski definition) is 1. The van der Waals surface area contributed by atoms with Crippen molar-refractivity contribution < 1.29 is 17.9 Å². The third-order valence-corrected chi connectivity index (χ3v) is 3.44. The lowest BCUT2D eigenvalue weighted by Crippen LogP contribution is -2.17. The van der Waals surface area contributed by atoms with Crippen LogP contribution in [0.3, 0.4) is 0 Å². The van der Waals surface area contributed by atoms with Crippen molar-refractivity contribution in [3.8, 4) is 5.75 Å². The molecule has 2 nitrogen and oxygen atoms in total. The topological polar surface area (TPSA) is 21.3 Å². The molecule has 0 aromatic heterocycles. The van der Waals surface area contributed by atoms with E-state index in [1.807, 2.05) is 0 Å². The van der Waals surface area contributed by atoms with Crippen LogP contribution in [-0.2, 0) is 6.54 Å². The number of ether oxygens (including phenoxy) is 1. The molecule has 1 aliphatic rings. The van der Waals surface area contributed by atoms with Gasteiger partial charge in [0.15, 0.2) is 0 Å². The van der Waals surface area contributed by atoms with Gasteiger partial charge in [0.25, 0.3) is 0 Å². The molecule has 1 aromatic carbocycles. The summed E-state index contributed by atoms with van der Waals surface area (Å²) in [7, 11) is 0. The van der Waals surface area contributed by atoms with E-state index < -0.39 is 12.6 Å². The Labute approximate surface area is 121 Å². The van der Waals surface area contributed by atoms with Crippen LogP contribution in [0.2, 0.25) is 5.02 Å². The summed E-state index contributed by atoms with van der Waals surface area (Å²) >= 11 is 6.12. The highest BCUT2D eigenvalue weighted by molar-refractivity contribution is 6.31. The first-order chi connectivity index (χ1) is 9.46. The zero-order valence-electron chi connectivity index (χ0n) is 11.0. The highest BCUT2D eigenvalue weighted by Crippen LogP contribution is 2.29. The summed E-state index contributed by atoms with van der Waals surface area (Å²) in [6.07, 6.45) is -2.69. The van der Waals surface area contributed by atoms with Gasteiger partial charge in [-0.2, -0.15) is 13.2 Å². The first kappa shape index (κ1) is 15.4. The van der Waals surface area contributed by atoms with Crippen LogP contribution in [0.25, 0.3) is 0 Å². The van der Waals surface area contributed by atoms with Crippen molar-refractivity contribution in [3.05, 3.63) is 28.8 Å². The number of rotatable bonds is 7. The van der Waals surface area contributed by atoms with Gasteiger partial charge in [0, 0.05) is 29.6 Å². The van der Waals surface area contributed by atoms with E-state index in [0.29, 0.717) is 23.4 Å². The maximum Gasteiger partial charge on any atom is 0.389 e. The highest BCUT2D eigenvalue weighted by Gasteiger charge is 2.26. The summed E-state index contributed by atoms with van der Waals surface area (Å²) in [6.45, 7) is 0.620. The minimum atomic E-state index is -4.13. The predicted octanol–water partition coefficient (Wildman–Crippen LogP) is 4.31. The molecule has 0 bridgehead atoms. The molecular weight excluding hydrogens is 291 g/mol. The molecule has 2 rings (SSSR count). The summed E-state index contributed by atoms with van der Waals surface area (Å²) in [4.78, 5) is 0. The fourth-order valence-electron chi connectivity index (χ4n) is 1.83. The van der Waals surface area contributed by atoms with E-state index >= 15 is 0 Å². The number of benzene rings is 1. The normalized spacial score (nSPS) is 15.4. The first-order valence-electron chi connectivity index (χ1n) is 6.66. The van der Waals surface area contributed by atoms with Crippen LogP contribution < -0.4 is 10.1 Å². The second-order valence-corrected chi connectivity index (χ2v) is 5.35. The molecule has 0 unspecified atom stereocenters. The number of alkyl halides is 3. The van der Waals surface area contributed by atoms with Gasteiger partial charge in [-0.05, 0) is 31.4 Å². The van der Waals surface area contributed by atoms with Crippen molar-refractivity contribution >= 4 is 11.6 Å². The molecule has 1 aromatic rings. The Balaban J connectivity index is 1.87. The lowest BCUT2D eigenvalue weighted by molar-refractivity contribution is -0.136. The lowest BCUT2D eigenvalue weighted by Gasteiger charge is -2.14. The van der Waals surface area contributed by atoms with Crippen molar-refractivity contribution in [2.45, 2.75) is 44.4 Å². The molecule has 1 aliphatic carbocycles. The monoisotopic (exact) mass is 307 g/mol. The van der Waals surface area contributed by atoms with Crippen molar-refractivity contribution in [3.63, 3.8) is 0 Å². The lowest BCUT2D eigenvalue weighted by atomic mass is 10.2. The van der Waals surface area contributed by atoms with Crippen molar-refractivity contribution in [1.82, 2.24) is 5.32 Å². The van der Waals surface area contributed by atoms with E-state index in [-0.39, 0.29) is 13.0 Å². The molecule has 1 N–H and O–H groups in total. The highest BCUT2D eigenvalue weighted by atomic mass is 35.5. The molecule has 1 saturated carbocycles. The van der Waals surface area contributed by atoms with E-state index in [2.05, 4.69) is 5.32 Å². The van der Waals surface area contributed by atoms with Crippen molar-refractivity contribution in [1.29, 1.82) is 0 Å². The van der Waals surface area contributed by atoms with Gasteiger partial charge in [0.1, 0.15) is 5.75 Å². The second kappa shape index (κ2) is 6.68. The van der Waals surface area contributed by atoms with E-state index in [1.54, 1.807) is 18.2 Å². The van der Waals surface area contributed by atoms with Crippen LogP contribution in [0.1, 0.15) is 31.2 Å². The molecule has 0 radical (unpaired) electrons. The average Bonchev–Trinajstić information content (AvgIpc) is 3.16. The van der Waals surface area contributed by atoms with E-state index in [0.717, 1.165) is 18.4 Å². The smallest absolute Gasteiger partial charge is 0.389 e. The Morgan fingerprint density at radius 2 is 2.05 bits per heavy atom. The Bertz CT molecular complexity index is 447. The SMILES string of the molecule is FC(F)(F)CCCOc1cccc(Cl)c1CNC1CC1. The third kappa shape index (κ3) is 5.21. The van der Waals surface area contributed by atoms with Crippen LogP contribution in [0, 0.1) is 0 Å². The summed E-state index contributed by atoms with van der Waals surface area (Å²) in [5, 5.41) is 3.90. The van der Waals surface area contributed by atoms with Crippen LogP contribution in [0.4, 0.5) is 13.2 Å². The Hall–Kier alpha value is -0.940. The van der Waals surface area contributed by atoms with Crippen molar-refractivity contribution in [2.75, 3.05) is 6.61 Å². The quantitative estimate of drug-likeness (QED) is 0.758.